The van der Waals surface area contributed by atoms with Gasteiger partial charge in [-0.3, -0.25) is 0 Å². The second-order valence-corrected chi connectivity index (χ2v) is 6.61. The van der Waals surface area contributed by atoms with E-state index in [9.17, 15) is 0 Å². The summed E-state index contributed by atoms with van der Waals surface area (Å²) in [6.45, 7) is 6.55. The second kappa shape index (κ2) is 8.13. The molecular weight excluding hydrogens is 208 g/mol. The lowest BCUT2D eigenvalue weighted by Crippen LogP contribution is -2.27. The highest BCUT2D eigenvalue weighted by Gasteiger charge is 2.18. The predicted molar refractivity (Wildman–Crippen MR) is 75.4 cm³/mol. The Morgan fingerprint density at radius 1 is 0.647 bits per heavy atom. The first-order chi connectivity index (χ1) is 8.08. The van der Waals surface area contributed by atoms with Gasteiger partial charge in [0.1, 0.15) is 0 Å². The largest absolute Gasteiger partial charge is 0.373 e. The molecular formula is C16H32O. The van der Waals surface area contributed by atoms with Crippen LogP contribution < -0.4 is 0 Å². The molecule has 1 nitrogen and oxygen atoms in total. The van der Waals surface area contributed by atoms with Crippen LogP contribution >= 0.6 is 0 Å². The summed E-state index contributed by atoms with van der Waals surface area (Å²) in [4.78, 5) is 0. The van der Waals surface area contributed by atoms with Crippen molar-refractivity contribution in [1.82, 2.24) is 0 Å². The van der Waals surface area contributed by atoms with Crippen molar-refractivity contribution in [3.63, 3.8) is 0 Å². The molecule has 0 aliphatic heterocycles. The molecule has 1 saturated carbocycles. The van der Waals surface area contributed by atoms with Crippen molar-refractivity contribution in [2.75, 3.05) is 0 Å². The monoisotopic (exact) mass is 240 g/mol. The van der Waals surface area contributed by atoms with Gasteiger partial charge in [-0.05, 0) is 33.6 Å². The summed E-state index contributed by atoms with van der Waals surface area (Å²) in [5.74, 6) is 0. The minimum atomic E-state index is 0.0295. The van der Waals surface area contributed by atoms with Crippen LogP contribution in [0.25, 0.3) is 0 Å². The molecule has 0 bridgehead atoms. The van der Waals surface area contributed by atoms with Crippen molar-refractivity contribution >= 4 is 0 Å². The lowest BCUT2D eigenvalue weighted by atomic mass is 9.99. The molecule has 0 N–H and O–H groups in total. The van der Waals surface area contributed by atoms with Crippen molar-refractivity contribution in [3.05, 3.63) is 0 Å². The van der Waals surface area contributed by atoms with Gasteiger partial charge in [0.25, 0.3) is 0 Å². The Labute approximate surface area is 108 Å². The van der Waals surface area contributed by atoms with Crippen LogP contribution in [0.1, 0.15) is 91.4 Å². The normalized spacial score (nSPS) is 22.8. The summed E-state index contributed by atoms with van der Waals surface area (Å²) in [5.41, 5.74) is 0.0295. The summed E-state index contributed by atoms with van der Waals surface area (Å²) in [6, 6.07) is 0. The molecule has 0 aromatic carbocycles. The van der Waals surface area contributed by atoms with E-state index in [0.717, 1.165) is 0 Å². The first-order valence-corrected chi connectivity index (χ1v) is 7.76. The molecule has 102 valence electrons. The van der Waals surface area contributed by atoms with E-state index in [4.69, 9.17) is 4.74 Å². The topological polar surface area (TPSA) is 9.23 Å². The summed E-state index contributed by atoms with van der Waals surface area (Å²) < 4.78 is 6.18. The smallest absolute Gasteiger partial charge is 0.0602 e. The van der Waals surface area contributed by atoms with E-state index < -0.39 is 0 Å². The molecule has 1 fully saturated rings. The van der Waals surface area contributed by atoms with Crippen LogP contribution in [-0.4, -0.2) is 11.7 Å². The van der Waals surface area contributed by atoms with E-state index in [-0.39, 0.29) is 5.60 Å². The summed E-state index contributed by atoms with van der Waals surface area (Å²) in [5, 5.41) is 0. The van der Waals surface area contributed by atoms with E-state index in [0.29, 0.717) is 6.10 Å². The van der Waals surface area contributed by atoms with E-state index in [1.54, 1.807) is 0 Å². The average molecular weight is 240 g/mol. The Balaban J connectivity index is 2.32. The van der Waals surface area contributed by atoms with Gasteiger partial charge in [-0.1, -0.05) is 57.8 Å². The molecule has 0 atom stereocenters. The maximum atomic E-state index is 6.18. The molecule has 1 aliphatic rings. The van der Waals surface area contributed by atoms with Gasteiger partial charge in [0.05, 0.1) is 11.7 Å². The van der Waals surface area contributed by atoms with Gasteiger partial charge < -0.3 is 4.74 Å². The fourth-order valence-corrected chi connectivity index (χ4v) is 2.74. The number of hydrogen-bond donors (Lipinski definition) is 0. The number of hydrogen-bond acceptors (Lipinski definition) is 1. The van der Waals surface area contributed by atoms with E-state index in [1.807, 2.05) is 0 Å². The van der Waals surface area contributed by atoms with Crippen molar-refractivity contribution in [3.8, 4) is 0 Å². The molecule has 17 heavy (non-hydrogen) atoms. The van der Waals surface area contributed by atoms with Gasteiger partial charge in [0.15, 0.2) is 0 Å². The third kappa shape index (κ3) is 8.65. The van der Waals surface area contributed by atoms with Crippen LogP contribution in [0, 0.1) is 0 Å². The molecule has 1 rings (SSSR count). The molecule has 1 aliphatic carbocycles. The van der Waals surface area contributed by atoms with Crippen molar-refractivity contribution < 1.29 is 4.74 Å². The zero-order chi connectivity index (χ0) is 12.6. The molecule has 0 aromatic heterocycles. The van der Waals surface area contributed by atoms with Gasteiger partial charge >= 0.3 is 0 Å². The minimum Gasteiger partial charge on any atom is -0.373 e. The van der Waals surface area contributed by atoms with Crippen LogP contribution in [0.3, 0.4) is 0 Å². The fourth-order valence-electron chi connectivity index (χ4n) is 2.74. The SMILES string of the molecule is CC(C)(C)OC1CCCCCCCCCCC1. The summed E-state index contributed by atoms with van der Waals surface area (Å²) in [7, 11) is 0. The third-order valence-corrected chi connectivity index (χ3v) is 3.57. The van der Waals surface area contributed by atoms with Gasteiger partial charge in [-0.25, -0.2) is 0 Å². The third-order valence-electron chi connectivity index (χ3n) is 3.57. The Bertz CT molecular complexity index is 168. The first-order valence-electron chi connectivity index (χ1n) is 7.76. The van der Waals surface area contributed by atoms with E-state index in [2.05, 4.69) is 20.8 Å². The fraction of sp³-hybridized carbons (Fsp3) is 1.00. The lowest BCUT2D eigenvalue weighted by molar-refractivity contribution is -0.0678. The molecule has 0 spiro atoms. The highest BCUT2D eigenvalue weighted by atomic mass is 16.5. The van der Waals surface area contributed by atoms with E-state index >= 15 is 0 Å². The zero-order valence-corrected chi connectivity index (χ0v) is 12.3. The highest BCUT2D eigenvalue weighted by Crippen LogP contribution is 2.22. The zero-order valence-electron chi connectivity index (χ0n) is 12.3. The van der Waals surface area contributed by atoms with Crippen molar-refractivity contribution in [1.29, 1.82) is 0 Å². The number of rotatable bonds is 1. The second-order valence-electron chi connectivity index (χ2n) is 6.61. The first kappa shape index (κ1) is 15.0. The highest BCUT2D eigenvalue weighted by molar-refractivity contribution is 4.67. The summed E-state index contributed by atoms with van der Waals surface area (Å²) in [6.07, 6.45) is 15.8. The van der Waals surface area contributed by atoms with Gasteiger partial charge in [-0.2, -0.15) is 0 Å². The van der Waals surface area contributed by atoms with Crippen molar-refractivity contribution in [2.24, 2.45) is 0 Å². The Hall–Kier alpha value is -0.0400. The van der Waals surface area contributed by atoms with Crippen molar-refractivity contribution in [2.45, 2.75) is 103 Å². The van der Waals surface area contributed by atoms with Crippen LogP contribution in [0.4, 0.5) is 0 Å². The lowest BCUT2D eigenvalue weighted by Gasteiger charge is -2.28. The average Bonchev–Trinajstić information content (AvgIpc) is 2.20. The van der Waals surface area contributed by atoms with Crippen LogP contribution in [0.2, 0.25) is 0 Å². The molecule has 0 aromatic rings. The minimum absolute atomic E-state index is 0.0295. The van der Waals surface area contributed by atoms with Crippen LogP contribution in [0.15, 0.2) is 0 Å². The standard InChI is InChI=1S/C16H32O/c1-16(2,3)17-15-13-11-9-7-5-4-6-8-10-12-14-15/h15H,4-14H2,1-3H3. The van der Waals surface area contributed by atoms with Crippen LogP contribution in [-0.2, 0) is 4.74 Å². The predicted octanol–water partition coefficient (Wildman–Crippen LogP) is 5.47. The Kier molecular flexibility index (Phi) is 7.18. The number of ether oxygens (including phenoxy) is 1. The molecule has 0 amide bonds. The Morgan fingerprint density at radius 2 is 1.00 bits per heavy atom. The molecule has 0 radical (unpaired) electrons. The Morgan fingerprint density at radius 3 is 1.35 bits per heavy atom. The molecule has 0 saturated heterocycles. The van der Waals surface area contributed by atoms with Crippen LogP contribution in [0.5, 0.6) is 0 Å². The summed E-state index contributed by atoms with van der Waals surface area (Å²) >= 11 is 0. The maximum Gasteiger partial charge on any atom is 0.0602 e. The molecule has 1 heteroatoms. The quantitative estimate of drug-likeness (QED) is 0.590. The molecule has 0 heterocycles. The van der Waals surface area contributed by atoms with Gasteiger partial charge in [-0.15, -0.1) is 0 Å². The molecule has 0 unspecified atom stereocenters. The maximum absolute atomic E-state index is 6.18. The van der Waals surface area contributed by atoms with E-state index in [1.165, 1.54) is 70.6 Å². The van der Waals surface area contributed by atoms with Gasteiger partial charge in [0.2, 0.25) is 0 Å². The van der Waals surface area contributed by atoms with Gasteiger partial charge in [0, 0.05) is 0 Å².